The molecule has 23 heavy (non-hydrogen) atoms. The van der Waals surface area contributed by atoms with E-state index in [1.165, 1.54) is 0 Å². The molecule has 1 aromatic heterocycles. The Morgan fingerprint density at radius 3 is 2.61 bits per heavy atom. The first kappa shape index (κ1) is 17.2. The molecule has 1 N–H and O–H groups in total. The summed E-state index contributed by atoms with van der Waals surface area (Å²) in [5, 5.41) is 2.89. The molecule has 0 unspecified atom stereocenters. The van der Waals surface area contributed by atoms with E-state index in [2.05, 4.69) is 22.2 Å². The molecule has 0 aromatic carbocycles. The van der Waals surface area contributed by atoms with Crippen molar-refractivity contribution in [1.82, 2.24) is 20.2 Å². The zero-order valence-corrected chi connectivity index (χ0v) is 13.9. The van der Waals surface area contributed by atoms with E-state index in [0.717, 1.165) is 19.3 Å². The van der Waals surface area contributed by atoms with Gasteiger partial charge in [-0.15, -0.1) is 0 Å². The maximum Gasteiger partial charge on any atom is 0.270 e. The number of unbranched alkanes of at least 4 members (excludes halogenated alkanes) is 2. The number of hydrogen-bond donors (Lipinski definition) is 1. The van der Waals surface area contributed by atoms with Crippen molar-refractivity contribution in [3.05, 3.63) is 18.0 Å². The minimum atomic E-state index is -0.160. The van der Waals surface area contributed by atoms with Crippen LogP contribution in [0, 0.1) is 0 Å². The standard InChI is InChI=1S/C16H25N5O2/c1-3-4-5-7-17-15(23)14-6-8-18-16(19-14)21-11-9-20(10-12-21)13(2)22/h6,8H,3-5,7,9-12H2,1-2H3,(H,17,23). The second kappa shape index (κ2) is 8.45. The third-order valence-corrected chi connectivity index (χ3v) is 3.95. The first-order valence-electron chi connectivity index (χ1n) is 8.23. The average Bonchev–Trinajstić information content (AvgIpc) is 2.59. The number of piperazine rings is 1. The van der Waals surface area contributed by atoms with Gasteiger partial charge < -0.3 is 15.1 Å². The number of rotatable bonds is 6. The van der Waals surface area contributed by atoms with Crippen LogP contribution >= 0.6 is 0 Å². The van der Waals surface area contributed by atoms with Crippen LogP contribution in [0.2, 0.25) is 0 Å². The number of amides is 2. The highest BCUT2D eigenvalue weighted by Gasteiger charge is 2.21. The number of hydrogen-bond acceptors (Lipinski definition) is 5. The van der Waals surface area contributed by atoms with Crippen LogP contribution in [0.5, 0.6) is 0 Å². The van der Waals surface area contributed by atoms with Crippen molar-refractivity contribution in [1.29, 1.82) is 0 Å². The number of carbonyl (C=O) groups is 2. The van der Waals surface area contributed by atoms with Crippen molar-refractivity contribution in [3.63, 3.8) is 0 Å². The first-order valence-corrected chi connectivity index (χ1v) is 8.23. The Labute approximate surface area is 137 Å². The quantitative estimate of drug-likeness (QED) is 0.793. The molecule has 2 rings (SSSR count). The monoisotopic (exact) mass is 319 g/mol. The van der Waals surface area contributed by atoms with Crippen molar-refractivity contribution in [2.75, 3.05) is 37.6 Å². The highest BCUT2D eigenvalue weighted by Crippen LogP contribution is 2.11. The maximum absolute atomic E-state index is 12.1. The van der Waals surface area contributed by atoms with Gasteiger partial charge in [-0.3, -0.25) is 9.59 Å². The van der Waals surface area contributed by atoms with Crippen LogP contribution in [0.25, 0.3) is 0 Å². The molecule has 1 aromatic rings. The summed E-state index contributed by atoms with van der Waals surface area (Å²) in [5.41, 5.74) is 0.389. The van der Waals surface area contributed by atoms with Gasteiger partial charge >= 0.3 is 0 Å². The molecular formula is C16H25N5O2. The first-order chi connectivity index (χ1) is 11.1. The van der Waals surface area contributed by atoms with Gasteiger partial charge in [-0.05, 0) is 12.5 Å². The average molecular weight is 319 g/mol. The van der Waals surface area contributed by atoms with Crippen LogP contribution in [-0.4, -0.2) is 59.4 Å². The molecule has 2 amide bonds. The number of carbonyl (C=O) groups excluding carboxylic acids is 2. The summed E-state index contributed by atoms with van der Waals surface area (Å²) in [5.74, 6) is 0.479. The second-order valence-corrected chi connectivity index (χ2v) is 5.70. The highest BCUT2D eigenvalue weighted by molar-refractivity contribution is 5.92. The summed E-state index contributed by atoms with van der Waals surface area (Å²) >= 11 is 0. The molecule has 0 spiro atoms. The summed E-state index contributed by atoms with van der Waals surface area (Å²) in [7, 11) is 0. The van der Waals surface area contributed by atoms with E-state index in [1.807, 2.05) is 4.90 Å². The van der Waals surface area contributed by atoms with Gasteiger partial charge in [0, 0.05) is 45.8 Å². The van der Waals surface area contributed by atoms with Gasteiger partial charge in [0.15, 0.2) is 0 Å². The summed E-state index contributed by atoms with van der Waals surface area (Å²) in [6.07, 6.45) is 4.82. The predicted octanol–water partition coefficient (Wildman–Crippen LogP) is 1.07. The lowest BCUT2D eigenvalue weighted by Gasteiger charge is -2.34. The van der Waals surface area contributed by atoms with Gasteiger partial charge in [0.2, 0.25) is 11.9 Å². The molecule has 1 aliphatic heterocycles. The number of nitrogens with zero attached hydrogens (tertiary/aromatic N) is 4. The van der Waals surface area contributed by atoms with Gasteiger partial charge in [-0.2, -0.15) is 0 Å². The van der Waals surface area contributed by atoms with Crippen molar-refractivity contribution >= 4 is 17.8 Å². The normalized spacial score (nSPS) is 14.7. The Morgan fingerprint density at radius 2 is 1.96 bits per heavy atom. The molecule has 0 atom stereocenters. The van der Waals surface area contributed by atoms with Gasteiger partial charge in [-0.25, -0.2) is 9.97 Å². The minimum absolute atomic E-state index is 0.0887. The number of nitrogens with one attached hydrogen (secondary N) is 1. The summed E-state index contributed by atoms with van der Waals surface area (Å²) in [4.78, 5) is 35.9. The zero-order chi connectivity index (χ0) is 16.7. The van der Waals surface area contributed by atoms with Crippen LogP contribution < -0.4 is 10.2 Å². The summed E-state index contributed by atoms with van der Waals surface area (Å²) in [6.45, 7) is 7.06. The van der Waals surface area contributed by atoms with Crippen LogP contribution in [0.15, 0.2) is 12.3 Å². The van der Waals surface area contributed by atoms with Gasteiger partial charge in [0.1, 0.15) is 5.69 Å². The Kier molecular flexibility index (Phi) is 6.31. The molecule has 7 heteroatoms. The van der Waals surface area contributed by atoms with Crippen molar-refractivity contribution in [2.24, 2.45) is 0 Å². The second-order valence-electron chi connectivity index (χ2n) is 5.70. The fourth-order valence-corrected chi connectivity index (χ4v) is 2.52. The van der Waals surface area contributed by atoms with Crippen LogP contribution in [0.3, 0.4) is 0 Å². The van der Waals surface area contributed by atoms with Crippen LogP contribution in [0.4, 0.5) is 5.95 Å². The van der Waals surface area contributed by atoms with E-state index in [9.17, 15) is 9.59 Å². The van der Waals surface area contributed by atoms with Gasteiger partial charge in [0.05, 0.1) is 0 Å². The SMILES string of the molecule is CCCCCNC(=O)c1ccnc(N2CCN(C(C)=O)CC2)n1. The van der Waals surface area contributed by atoms with Gasteiger partial charge in [-0.1, -0.05) is 19.8 Å². The molecule has 1 aliphatic rings. The molecule has 0 bridgehead atoms. The fourth-order valence-electron chi connectivity index (χ4n) is 2.52. The summed E-state index contributed by atoms with van der Waals surface area (Å²) < 4.78 is 0. The van der Waals surface area contributed by atoms with Crippen LogP contribution in [0.1, 0.15) is 43.6 Å². The molecule has 126 valence electrons. The molecule has 1 fully saturated rings. The van der Waals surface area contributed by atoms with E-state index in [-0.39, 0.29) is 11.8 Å². The topological polar surface area (TPSA) is 78.4 Å². The maximum atomic E-state index is 12.1. The third kappa shape index (κ3) is 4.91. The lowest BCUT2D eigenvalue weighted by atomic mass is 10.2. The molecule has 0 radical (unpaired) electrons. The van der Waals surface area contributed by atoms with Crippen molar-refractivity contribution in [3.8, 4) is 0 Å². The van der Waals surface area contributed by atoms with Crippen LogP contribution in [-0.2, 0) is 4.79 Å². The van der Waals surface area contributed by atoms with E-state index >= 15 is 0 Å². The van der Waals surface area contributed by atoms with Crippen molar-refractivity contribution in [2.45, 2.75) is 33.1 Å². The lowest BCUT2D eigenvalue weighted by Crippen LogP contribution is -2.48. The zero-order valence-electron chi connectivity index (χ0n) is 13.9. The minimum Gasteiger partial charge on any atom is -0.351 e. The largest absolute Gasteiger partial charge is 0.351 e. The molecule has 7 nitrogen and oxygen atoms in total. The summed E-state index contributed by atoms with van der Waals surface area (Å²) in [6, 6.07) is 1.63. The molecule has 0 saturated carbocycles. The Balaban J connectivity index is 1.92. The Hall–Kier alpha value is -2.18. The predicted molar refractivity (Wildman–Crippen MR) is 88.4 cm³/mol. The van der Waals surface area contributed by atoms with E-state index in [0.29, 0.717) is 44.4 Å². The van der Waals surface area contributed by atoms with Crippen molar-refractivity contribution < 1.29 is 9.59 Å². The third-order valence-electron chi connectivity index (χ3n) is 3.95. The molecule has 0 aliphatic carbocycles. The Morgan fingerprint density at radius 1 is 1.22 bits per heavy atom. The number of anilines is 1. The smallest absolute Gasteiger partial charge is 0.270 e. The molecular weight excluding hydrogens is 294 g/mol. The van der Waals surface area contributed by atoms with Gasteiger partial charge in [0.25, 0.3) is 5.91 Å². The van der Waals surface area contributed by atoms with E-state index in [1.54, 1.807) is 24.1 Å². The Bertz CT molecular complexity index is 541. The van der Waals surface area contributed by atoms with E-state index in [4.69, 9.17) is 0 Å². The molecule has 1 saturated heterocycles. The highest BCUT2D eigenvalue weighted by atomic mass is 16.2. The fraction of sp³-hybridized carbons (Fsp3) is 0.625. The lowest BCUT2D eigenvalue weighted by molar-refractivity contribution is -0.129. The molecule has 2 heterocycles. The van der Waals surface area contributed by atoms with E-state index < -0.39 is 0 Å². The number of aromatic nitrogens is 2.